The van der Waals surface area contributed by atoms with E-state index in [-0.39, 0.29) is 21.3 Å². The Labute approximate surface area is 133 Å². The van der Waals surface area contributed by atoms with E-state index < -0.39 is 10.0 Å². The summed E-state index contributed by atoms with van der Waals surface area (Å²) in [6.07, 6.45) is 0. The van der Waals surface area contributed by atoms with Gasteiger partial charge in [0.15, 0.2) is 0 Å². The third-order valence-corrected chi connectivity index (χ3v) is 5.11. The molecule has 0 bridgehead atoms. The van der Waals surface area contributed by atoms with Crippen LogP contribution in [0.5, 0.6) is 0 Å². The molecule has 4 nitrogen and oxygen atoms in total. The van der Waals surface area contributed by atoms with E-state index in [0.29, 0.717) is 5.02 Å². The van der Waals surface area contributed by atoms with Crippen molar-refractivity contribution in [1.82, 2.24) is 0 Å². The lowest BCUT2D eigenvalue weighted by atomic mass is 10.2. The van der Waals surface area contributed by atoms with Crippen molar-refractivity contribution in [3.05, 3.63) is 51.5 Å². The number of hydrogen-bond acceptors (Lipinski definition) is 3. The second-order valence-corrected chi connectivity index (χ2v) is 7.19. The number of nitrogens with two attached hydrogens (primary N) is 1. The molecule has 0 saturated carbocycles. The summed E-state index contributed by atoms with van der Waals surface area (Å²) in [5.41, 5.74) is 7.81. The molecule has 0 unspecified atom stereocenters. The van der Waals surface area contributed by atoms with Crippen molar-refractivity contribution in [2.24, 2.45) is 0 Å². The fourth-order valence-corrected chi connectivity index (χ4v) is 3.51. The maximum Gasteiger partial charge on any atom is 0.263 e. The van der Waals surface area contributed by atoms with Crippen LogP contribution in [0.15, 0.2) is 35.2 Å². The van der Waals surface area contributed by atoms with Gasteiger partial charge < -0.3 is 5.73 Å². The molecule has 0 aliphatic heterocycles. The van der Waals surface area contributed by atoms with Crippen molar-refractivity contribution in [1.29, 1.82) is 0 Å². The summed E-state index contributed by atoms with van der Waals surface area (Å²) < 4.78 is 27.2. The number of benzene rings is 2. The Morgan fingerprint density at radius 3 is 2.33 bits per heavy atom. The van der Waals surface area contributed by atoms with Crippen LogP contribution in [0, 0.1) is 13.8 Å². The molecule has 0 fully saturated rings. The lowest BCUT2D eigenvalue weighted by Crippen LogP contribution is -2.15. The molecular formula is C14H14Cl2N2O2S. The van der Waals surface area contributed by atoms with Crippen LogP contribution >= 0.6 is 23.2 Å². The summed E-state index contributed by atoms with van der Waals surface area (Å²) in [5.74, 6) is 0. The first-order chi connectivity index (χ1) is 9.70. The normalized spacial score (nSPS) is 11.4. The third kappa shape index (κ3) is 3.43. The number of aryl methyl sites for hydroxylation is 2. The Bertz CT molecular complexity index is 805. The Balaban J connectivity index is 2.45. The fourth-order valence-electron chi connectivity index (χ4n) is 1.84. The van der Waals surface area contributed by atoms with Gasteiger partial charge in [0.2, 0.25) is 0 Å². The highest BCUT2D eigenvalue weighted by atomic mass is 35.5. The first-order valence-electron chi connectivity index (χ1n) is 6.05. The molecule has 0 aromatic heterocycles. The molecule has 3 N–H and O–H groups in total. The van der Waals surface area contributed by atoms with E-state index in [4.69, 9.17) is 28.9 Å². The average molecular weight is 345 g/mol. The quantitative estimate of drug-likeness (QED) is 0.826. The van der Waals surface area contributed by atoms with Crippen LogP contribution in [0.25, 0.3) is 0 Å². The van der Waals surface area contributed by atoms with Gasteiger partial charge in [-0.2, -0.15) is 0 Å². The molecular weight excluding hydrogens is 331 g/mol. The molecule has 0 heterocycles. The van der Waals surface area contributed by atoms with Crippen molar-refractivity contribution in [2.75, 3.05) is 10.5 Å². The Kier molecular flexibility index (Phi) is 4.37. The first-order valence-corrected chi connectivity index (χ1v) is 8.29. The average Bonchev–Trinajstić information content (AvgIpc) is 2.35. The molecule has 21 heavy (non-hydrogen) atoms. The predicted octanol–water partition coefficient (Wildman–Crippen LogP) is 3.99. The van der Waals surface area contributed by atoms with Gasteiger partial charge in [-0.1, -0.05) is 29.3 Å². The Morgan fingerprint density at radius 1 is 1.05 bits per heavy atom. The number of halogens is 2. The molecule has 0 aliphatic carbocycles. The van der Waals surface area contributed by atoms with Crippen molar-refractivity contribution in [3.63, 3.8) is 0 Å². The minimum atomic E-state index is -3.83. The van der Waals surface area contributed by atoms with Crippen molar-refractivity contribution < 1.29 is 8.42 Å². The lowest BCUT2D eigenvalue weighted by molar-refractivity contribution is 0.601. The topological polar surface area (TPSA) is 72.2 Å². The number of rotatable bonds is 3. The summed E-state index contributed by atoms with van der Waals surface area (Å²) in [4.78, 5) is 0.000800. The molecule has 2 rings (SSSR count). The molecule has 0 radical (unpaired) electrons. The Hall–Kier alpha value is -1.43. The smallest absolute Gasteiger partial charge is 0.263 e. The SMILES string of the molecule is Cc1ccc(S(=O)(=O)Nc2cc(Cl)c(C)cc2Cl)c(N)c1. The highest BCUT2D eigenvalue weighted by molar-refractivity contribution is 7.92. The van der Waals surface area contributed by atoms with Crippen LogP contribution < -0.4 is 10.5 Å². The van der Waals surface area contributed by atoms with Crippen LogP contribution in [0.1, 0.15) is 11.1 Å². The van der Waals surface area contributed by atoms with E-state index in [1.807, 2.05) is 6.92 Å². The second kappa shape index (κ2) is 5.75. The molecule has 0 spiro atoms. The number of nitrogen functional groups attached to an aromatic ring is 1. The number of anilines is 2. The van der Waals surface area contributed by atoms with E-state index in [1.54, 1.807) is 25.1 Å². The van der Waals surface area contributed by atoms with E-state index in [0.717, 1.165) is 11.1 Å². The number of hydrogen-bond donors (Lipinski definition) is 2. The van der Waals surface area contributed by atoms with E-state index in [1.165, 1.54) is 12.1 Å². The molecule has 2 aromatic rings. The molecule has 0 atom stereocenters. The first kappa shape index (κ1) is 15.9. The van der Waals surface area contributed by atoms with Crippen molar-refractivity contribution >= 4 is 44.6 Å². The fraction of sp³-hybridized carbons (Fsp3) is 0.143. The largest absolute Gasteiger partial charge is 0.398 e. The number of sulfonamides is 1. The minimum absolute atomic E-state index is 0.000800. The van der Waals surface area contributed by atoms with E-state index in [2.05, 4.69) is 4.72 Å². The summed E-state index contributed by atoms with van der Waals surface area (Å²) in [6.45, 7) is 3.61. The van der Waals surface area contributed by atoms with E-state index in [9.17, 15) is 8.42 Å². The van der Waals surface area contributed by atoms with Gasteiger partial charge in [0.05, 0.1) is 16.4 Å². The van der Waals surface area contributed by atoms with Crippen LogP contribution in [-0.2, 0) is 10.0 Å². The van der Waals surface area contributed by atoms with Gasteiger partial charge in [0.1, 0.15) is 4.90 Å². The summed E-state index contributed by atoms with van der Waals surface area (Å²) >= 11 is 12.0. The minimum Gasteiger partial charge on any atom is -0.398 e. The van der Waals surface area contributed by atoms with Crippen LogP contribution in [0.3, 0.4) is 0 Å². The van der Waals surface area contributed by atoms with Gasteiger partial charge in [-0.25, -0.2) is 8.42 Å². The lowest BCUT2D eigenvalue weighted by Gasteiger charge is -2.13. The van der Waals surface area contributed by atoms with Gasteiger partial charge >= 0.3 is 0 Å². The van der Waals surface area contributed by atoms with Gasteiger partial charge in [-0.15, -0.1) is 0 Å². The molecule has 0 saturated heterocycles. The van der Waals surface area contributed by atoms with Crippen LogP contribution in [0.2, 0.25) is 10.0 Å². The standard InChI is InChI=1S/C14H14Cl2N2O2S/c1-8-3-4-14(12(17)5-8)21(19,20)18-13-7-10(15)9(2)6-11(13)16/h3-7,18H,17H2,1-2H3. The Morgan fingerprint density at radius 2 is 1.71 bits per heavy atom. The van der Waals surface area contributed by atoms with Gasteiger partial charge in [-0.05, 0) is 49.2 Å². The zero-order chi connectivity index (χ0) is 15.8. The zero-order valence-corrected chi connectivity index (χ0v) is 13.8. The maximum atomic E-state index is 12.4. The summed E-state index contributed by atoms with van der Waals surface area (Å²) in [7, 11) is -3.83. The van der Waals surface area contributed by atoms with E-state index >= 15 is 0 Å². The molecule has 0 amide bonds. The summed E-state index contributed by atoms with van der Waals surface area (Å²) in [6, 6.07) is 7.80. The monoisotopic (exact) mass is 344 g/mol. The zero-order valence-electron chi connectivity index (χ0n) is 11.4. The highest BCUT2D eigenvalue weighted by Gasteiger charge is 2.19. The second-order valence-electron chi connectivity index (χ2n) is 4.73. The van der Waals surface area contributed by atoms with Gasteiger partial charge in [0.25, 0.3) is 10.0 Å². The predicted molar refractivity (Wildman–Crippen MR) is 87.6 cm³/mol. The van der Waals surface area contributed by atoms with Gasteiger partial charge in [0, 0.05) is 5.02 Å². The highest BCUT2D eigenvalue weighted by Crippen LogP contribution is 2.31. The molecule has 2 aromatic carbocycles. The molecule has 7 heteroatoms. The van der Waals surface area contributed by atoms with Crippen LogP contribution in [-0.4, -0.2) is 8.42 Å². The van der Waals surface area contributed by atoms with Gasteiger partial charge in [-0.3, -0.25) is 4.72 Å². The maximum absolute atomic E-state index is 12.4. The van der Waals surface area contributed by atoms with Crippen molar-refractivity contribution in [3.8, 4) is 0 Å². The number of nitrogens with one attached hydrogen (secondary N) is 1. The van der Waals surface area contributed by atoms with Crippen LogP contribution in [0.4, 0.5) is 11.4 Å². The third-order valence-electron chi connectivity index (χ3n) is 2.95. The van der Waals surface area contributed by atoms with Crippen molar-refractivity contribution in [2.45, 2.75) is 18.7 Å². The molecule has 0 aliphatic rings. The summed E-state index contributed by atoms with van der Waals surface area (Å²) in [5, 5.41) is 0.695. The molecule has 112 valence electrons.